The number of benzene rings is 2. The first kappa shape index (κ1) is 34.5. The Morgan fingerprint density at radius 3 is 1.75 bits per heavy atom. The number of hydrogen-bond acceptors (Lipinski definition) is 3. The Labute approximate surface area is 255 Å². The molecule has 0 aliphatic heterocycles. The number of carbonyl (C=O) groups excluding carboxylic acids is 2. The van der Waals surface area contributed by atoms with Crippen molar-refractivity contribution in [3.63, 3.8) is 0 Å². The second-order valence-corrected chi connectivity index (χ2v) is 12.3. The number of ether oxygens (including phenoxy) is 1. The van der Waals surface area contributed by atoms with Crippen LogP contribution in [0.3, 0.4) is 0 Å². The minimum atomic E-state index is -0.929. The molecule has 0 aromatic heterocycles. The zero-order valence-corrected chi connectivity index (χ0v) is 25.7. The molecule has 0 spiro atoms. The molecule has 3 nitrogen and oxygen atoms in total. The SMILES string of the molecule is C=C(C(C)C)[C@H](OC(=O)[C]1[CH][CH][CH][C]1P(c1ccccc1)c1ccccc1)[C@H](CC=O)C(C)C.[CH]1[CH][CH][CH][CH]1.[Fe]. The van der Waals surface area contributed by atoms with Gasteiger partial charge in [-0.25, -0.2) is 0 Å². The first-order valence-corrected chi connectivity index (χ1v) is 14.8. The van der Waals surface area contributed by atoms with Crippen molar-refractivity contribution in [2.45, 2.75) is 40.2 Å². The van der Waals surface area contributed by atoms with E-state index < -0.39 is 14.0 Å². The number of hydrogen-bond donors (Lipinski definition) is 0. The zero-order valence-electron chi connectivity index (χ0n) is 23.7. The van der Waals surface area contributed by atoms with E-state index in [0.717, 1.165) is 17.5 Å². The van der Waals surface area contributed by atoms with E-state index in [1.165, 1.54) is 10.6 Å². The van der Waals surface area contributed by atoms with Gasteiger partial charge in [0.1, 0.15) is 18.3 Å². The molecule has 2 fully saturated rings. The van der Waals surface area contributed by atoms with Gasteiger partial charge < -0.3 is 9.53 Å². The molecule has 0 heterocycles. The summed E-state index contributed by atoms with van der Waals surface area (Å²) < 4.78 is 6.17. The van der Waals surface area contributed by atoms with Gasteiger partial charge in [0, 0.05) is 35.1 Å². The maximum Gasteiger partial charge on any atom is 0.315 e. The molecule has 40 heavy (non-hydrogen) atoms. The minimum absolute atomic E-state index is 0. The summed E-state index contributed by atoms with van der Waals surface area (Å²) in [5.41, 5.74) is 1.82. The van der Waals surface area contributed by atoms with E-state index in [2.05, 4.69) is 44.7 Å². The Hall–Kier alpha value is -1.73. The molecule has 4 rings (SSSR count). The molecule has 2 aromatic carbocycles. The molecule has 210 valence electrons. The molecular weight excluding hydrogens is 555 g/mol. The van der Waals surface area contributed by atoms with Crippen LogP contribution in [0.5, 0.6) is 0 Å². The van der Waals surface area contributed by atoms with Gasteiger partial charge in [-0.2, -0.15) is 0 Å². The Morgan fingerprint density at radius 1 is 0.825 bits per heavy atom. The van der Waals surface area contributed by atoms with Gasteiger partial charge in [0.2, 0.25) is 0 Å². The van der Waals surface area contributed by atoms with Crippen molar-refractivity contribution in [1.82, 2.24) is 0 Å². The van der Waals surface area contributed by atoms with Crippen molar-refractivity contribution in [1.29, 1.82) is 0 Å². The maximum atomic E-state index is 13.6. The Balaban J connectivity index is 0.000000840. The summed E-state index contributed by atoms with van der Waals surface area (Å²) in [6.45, 7) is 12.4. The number of esters is 1. The van der Waals surface area contributed by atoms with E-state index in [4.69, 9.17) is 4.74 Å². The van der Waals surface area contributed by atoms with Gasteiger partial charge >= 0.3 is 5.97 Å². The third kappa shape index (κ3) is 9.68. The molecule has 0 saturated heterocycles. The largest absolute Gasteiger partial charge is 0.457 e. The molecule has 0 bridgehead atoms. The topological polar surface area (TPSA) is 43.4 Å². The van der Waals surface area contributed by atoms with Gasteiger partial charge in [-0.1, -0.05) is 94.9 Å². The predicted octanol–water partition coefficient (Wildman–Crippen LogP) is 6.86. The molecule has 10 radical (unpaired) electrons. The molecule has 2 aliphatic rings. The molecule has 2 atom stereocenters. The minimum Gasteiger partial charge on any atom is -0.457 e. The summed E-state index contributed by atoms with van der Waals surface area (Å²) in [6, 6.07) is 20.6. The van der Waals surface area contributed by atoms with Gasteiger partial charge in [-0.15, -0.1) is 0 Å². The fraction of sp³-hybridized carbons (Fsp3) is 0.257. The monoisotopic (exact) mass is 594 g/mol. The van der Waals surface area contributed by atoms with Crippen LogP contribution in [0.1, 0.15) is 34.1 Å². The molecule has 5 heteroatoms. The number of carbonyl (C=O) groups is 2. The van der Waals surface area contributed by atoms with E-state index in [-0.39, 0.29) is 40.8 Å². The molecule has 0 unspecified atom stereocenters. The summed E-state index contributed by atoms with van der Waals surface area (Å²) in [7, 11) is -0.929. The number of rotatable bonds is 11. The second kappa shape index (κ2) is 17.9. The quantitative estimate of drug-likeness (QED) is 0.0940. The average Bonchev–Trinajstić information content (AvgIpc) is 3.67. The zero-order chi connectivity index (χ0) is 28.2. The van der Waals surface area contributed by atoms with E-state index in [1.54, 1.807) is 0 Å². The van der Waals surface area contributed by atoms with E-state index in [0.29, 0.717) is 12.3 Å². The number of aldehydes is 1. The van der Waals surface area contributed by atoms with Gasteiger partial charge in [0.05, 0.1) is 0 Å². The van der Waals surface area contributed by atoms with Gasteiger partial charge in [-0.05, 0) is 87.3 Å². The molecule has 2 aliphatic carbocycles. The normalized spacial score (nSPS) is 17.2. The third-order valence-electron chi connectivity index (χ3n) is 6.79. The van der Waals surface area contributed by atoms with Crippen molar-refractivity contribution in [2.24, 2.45) is 17.8 Å². The van der Waals surface area contributed by atoms with Gasteiger partial charge in [0.15, 0.2) is 0 Å². The third-order valence-corrected chi connectivity index (χ3v) is 9.29. The van der Waals surface area contributed by atoms with Crippen LogP contribution < -0.4 is 10.6 Å². The first-order valence-electron chi connectivity index (χ1n) is 13.5. The average molecular weight is 595 g/mol. The molecule has 0 N–H and O–H groups in total. The van der Waals surface area contributed by atoms with Crippen molar-refractivity contribution in [3.05, 3.63) is 136 Å². The van der Waals surface area contributed by atoms with Crippen molar-refractivity contribution in [2.75, 3.05) is 0 Å². The van der Waals surface area contributed by atoms with Crippen molar-refractivity contribution < 1.29 is 31.4 Å². The van der Waals surface area contributed by atoms with Crippen LogP contribution in [0.4, 0.5) is 0 Å². The summed E-state index contributed by atoms with van der Waals surface area (Å²) in [6.07, 6.45) is 16.5. The summed E-state index contributed by atoms with van der Waals surface area (Å²) in [5, 5.41) is 2.35. The van der Waals surface area contributed by atoms with Crippen LogP contribution in [-0.2, 0) is 31.4 Å². The van der Waals surface area contributed by atoms with Crippen LogP contribution in [0.25, 0.3) is 0 Å². The molecular formula is C35H39FeO3P. The predicted molar refractivity (Wildman–Crippen MR) is 163 cm³/mol. The van der Waals surface area contributed by atoms with Crippen LogP contribution >= 0.6 is 7.92 Å². The van der Waals surface area contributed by atoms with Crippen LogP contribution in [0, 0.1) is 80.7 Å². The maximum absolute atomic E-state index is 13.6. The summed E-state index contributed by atoms with van der Waals surface area (Å²) in [5.74, 6) is 0.412. The first-order chi connectivity index (χ1) is 18.8. The van der Waals surface area contributed by atoms with E-state index >= 15 is 0 Å². The Morgan fingerprint density at radius 2 is 1.32 bits per heavy atom. The fourth-order valence-electron chi connectivity index (χ4n) is 4.48. The van der Waals surface area contributed by atoms with Crippen LogP contribution in [-0.4, -0.2) is 18.4 Å². The van der Waals surface area contributed by atoms with E-state index in [1.807, 2.05) is 102 Å². The second-order valence-electron chi connectivity index (χ2n) is 10.2. The van der Waals surface area contributed by atoms with E-state index in [9.17, 15) is 9.59 Å². The smallest absolute Gasteiger partial charge is 0.315 e. The molecule has 2 saturated carbocycles. The summed E-state index contributed by atoms with van der Waals surface area (Å²) >= 11 is 0. The van der Waals surface area contributed by atoms with Crippen molar-refractivity contribution >= 4 is 30.8 Å². The molecule has 0 amide bonds. The van der Waals surface area contributed by atoms with Gasteiger partial charge in [-0.3, -0.25) is 4.79 Å². The van der Waals surface area contributed by atoms with Crippen LogP contribution in [0.15, 0.2) is 72.8 Å². The van der Waals surface area contributed by atoms with Crippen LogP contribution in [0.2, 0.25) is 0 Å². The molecule has 2 aromatic rings. The standard InChI is InChI=1S/C30H34O3P.C5H5.Fe/c1-21(2)23(5)29(26(19-20-31)22(3)4)33-30(32)27-17-12-18-28(27)34(24-13-8-6-9-14-24)25-15-10-7-11-16-25;1-2-4-5-3-1;/h6-18,20-22,26,29H,5,19H2,1-4H3;1-5H;/t26-,29+;;/m1../s1. The Kier molecular flexibility index (Phi) is 15.5. The summed E-state index contributed by atoms with van der Waals surface area (Å²) in [4.78, 5) is 25.0. The fourth-order valence-corrected chi connectivity index (χ4v) is 6.92. The van der Waals surface area contributed by atoms with Gasteiger partial charge in [0.25, 0.3) is 0 Å². The Bertz CT molecular complexity index is 972. The van der Waals surface area contributed by atoms with Crippen molar-refractivity contribution in [3.8, 4) is 0 Å².